The highest BCUT2D eigenvalue weighted by atomic mass is 35.5. The predicted octanol–water partition coefficient (Wildman–Crippen LogP) is 3.82. The highest BCUT2D eigenvalue weighted by Gasteiger charge is 2.14. The highest BCUT2D eigenvalue weighted by Crippen LogP contribution is 2.30. The number of hydrogen-bond acceptors (Lipinski definition) is 3. The lowest BCUT2D eigenvalue weighted by Gasteiger charge is -2.05. The monoisotopic (exact) mass is 272 g/mol. The van der Waals surface area contributed by atoms with Crippen LogP contribution in [0.15, 0.2) is 57.7 Å². The van der Waals surface area contributed by atoms with Crippen LogP contribution in [0.5, 0.6) is 5.75 Å². The third-order valence-electron chi connectivity index (χ3n) is 2.87. The molecular weight excluding hydrogens is 264 g/mol. The first-order chi connectivity index (χ1) is 9.16. The van der Waals surface area contributed by atoms with E-state index in [1.54, 1.807) is 36.4 Å². The van der Waals surface area contributed by atoms with Crippen LogP contribution in [0, 0.1) is 0 Å². The Hall–Kier alpha value is -2.26. The van der Waals surface area contributed by atoms with E-state index in [4.69, 9.17) is 16.0 Å². The fourth-order valence-electron chi connectivity index (χ4n) is 1.94. The molecule has 4 heteroatoms. The molecule has 3 aromatic rings. The molecule has 0 spiro atoms. The summed E-state index contributed by atoms with van der Waals surface area (Å²) in [6.07, 6.45) is 0. The van der Waals surface area contributed by atoms with Gasteiger partial charge in [0.05, 0.1) is 5.39 Å². The first-order valence-electron chi connectivity index (χ1n) is 5.67. The number of rotatable bonds is 1. The summed E-state index contributed by atoms with van der Waals surface area (Å²) < 4.78 is 5.61. The molecule has 0 saturated heterocycles. The lowest BCUT2D eigenvalue weighted by atomic mass is 10.1. The van der Waals surface area contributed by atoms with Crippen LogP contribution >= 0.6 is 11.6 Å². The minimum absolute atomic E-state index is 0.153. The third kappa shape index (κ3) is 1.98. The molecule has 0 fully saturated rings. The van der Waals surface area contributed by atoms with Gasteiger partial charge in [0.15, 0.2) is 5.76 Å². The zero-order valence-electron chi connectivity index (χ0n) is 9.76. The van der Waals surface area contributed by atoms with Crippen LogP contribution in [0.1, 0.15) is 0 Å². The Balaban J connectivity index is 2.38. The van der Waals surface area contributed by atoms with Crippen molar-refractivity contribution in [1.29, 1.82) is 0 Å². The quantitative estimate of drug-likeness (QED) is 0.733. The molecule has 0 unspecified atom stereocenters. The summed E-state index contributed by atoms with van der Waals surface area (Å²) in [5.41, 5.74) is 0.532. The number of hydrogen-bond donors (Lipinski definition) is 1. The maximum Gasteiger partial charge on any atom is 0.235 e. The lowest BCUT2D eigenvalue weighted by molar-refractivity contribution is 0.449. The van der Waals surface area contributed by atoms with Crippen molar-refractivity contribution in [3.8, 4) is 17.1 Å². The summed E-state index contributed by atoms with van der Waals surface area (Å²) >= 11 is 5.88. The number of benzene rings is 2. The molecule has 1 N–H and O–H groups in total. The molecule has 0 atom stereocenters. The van der Waals surface area contributed by atoms with Gasteiger partial charge in [-0.2, -0.15) is 0 Å². The van der Waals surface area contributed by atoms with Crippen LogP contribution in [-0.4, -0.2) is 5.11 Å². The van der Waals surface area contributed by atoms with Gasteiger partial charge in [0.1, 0.15) is 5.58 Å². The molecule has 0 aliphatic heterocycles. The Morgan fingerprint density at radius 3 is 2.53 bits per heavy atom. The van der Waals surface area contributed by atoms with Gasteiger partial charge in [-0.05, 0) is 12.1 Å². The van der Waals surface area contributed by atoms with E-state index < -0.39 is 5.43 Å². The van der Waals surface area contributed by atoms with Gasteiger partial charge in [-0.1, -0.05) is 41.9 Å². The Labute approximate surface area is 113 Å². The van der Waals surface area contributed by atoms with E-state index in [0.717, 1.165) is 0 Å². The van der Waals surface area contributed by atoms with Crippen molar-refractivity contribution < 1.29 is 9.52 Å². The Morgan fingerprint density at radius 1 is 1.05 bits per heavy atom. The maximum absolute atomic E-state index is 12.1. The normalized spacial score (nSPS) is 10.8. The molecule has 0 radical (unpaired) electrons. The molecule has 0 saturated carbocycles. The van der Waals surface area contributed by atoms with Crippen molar-refractivity contribution in [2.75, 3.05) is 0 Å². The summed E-state index contributed by atoms with van der Waals surface area (Å²) in [5.74, 6) is -0.235. The summed E-state index contributed by atoms with van der Waals surface area (Å²) in [5, 5.41) is 10.8. The predicted molar refractivity (Wildman–Crippen MR) is 74.6 cm³/mol. The van der Waals surface area contributed by atoms with E-state index in [9.17, 15) is 9.90 Å². The van der Waals surface area contributed by atoms with Crippen molar-refractivity contribution in [2.45, 2.75) is 0 Å². The van der Waals surface area contributed by atoms with Gasteiger partial charge in [-0.25, -0.2) is 0 Å². The average Bonchev–Trinajstić information content (AvgIpc) is 2.43. The third-order valence-corrected chi connectivity index (χ3v) is 3.10. The van der Waals surface area contributed by atoms with Gasteiger partial charge in [-0.3, -0.25) is 4.79 Å². The molecule has 94 valence electrons. The van der Waals surface area contributed by atoms with E-state index in [2.05, 4.69) is 0 Å². The van der Waals surface area contributed by atoms with Gasteiger partial charge in [0, 0.05) is 16.7 Å². The molecule has 0 aliphatic rings. The Morgan fingerprint density at radius 2 is 1.79 bits per heavy atom. The Kier molecular flexibility index (Phi) is 2.76. The van der Waals surface area contributed by atoms with Crippen LogP contribution in [0.2, 0.25) is 5.02 Å². The minimum Gasteiger partial charge on any atom is -0.502 e. The fourth-order valence-corrected chi connectivity index (χ4v) is 2.10. The van der Waals surface area contributed by atoms with Crippen molar-refractivity contribution in [3.05, 3.63) is 63.8 Å². The van der Waals surface area contributed by atoms with E-state index in [-0.39, 0.29) is 11.5 Å². The SMILES string of the molecule is O=c1c(O)c(-c2ccccc2)oc2cc(Cl)ccc12. The van der Waals surface area contributed by atoms with Crippen LogP contribution in [0.4, 0.5) is 0 Å². The van der Waals surface area contributed by atoms with Gasteiger partial charge in [0.2, 0.25) is 11.2 Å². The van der Waals surface area contributed by atoms with Crippen molar-refractivity contribution >= 4 is 22.6 Å². The maximum atomic E-state index is 12.1. The second kappa shape index (κ2) is 4.44. The largest absolute Gasteiger partial charge is 0.502 e. The second-order valence-electron chi connectivity index (χ2n) is 4.12. The molecule has 0 bridgehead atoms. The molecule has 1 aromatic heterocycles. The lowest BCUT2D eigenvalue weighted by Crippen LogP contribution is -2.02. The topological polar surface area (TPSA) is 50.4 Å². The molecule has 19 heavy (non-hydrogen) atoms. The van der Waals surface area contributed by atoms with Crippen molar-refractivity contribution in [1.82, 2.24) is 0 Å². The fraction of sp³-hybridized carbons (Fsp3) is 0. The van der Waals surface area contributed by atoms with E-state index in [1.807, 2.05) is 6.07 Å². The number of halogens is 1. The first kappa shape index (κ1) is 11.8. The van der Waals surface area contributed by atoms with Gasteiger partial charge in [-0.15, -0.1) is 0 Å². The smallest absolute Gasteiger partial charge is 0.235 e. The van der Waals surface area contributed by atoms with Gasteiger partial charge >= 0.3 is 0 Å². The van der Waals surface area contributed by atoms with Crippen LogP contribution in [0.25, 0.3) is 22.3 Å². The zero-order valence-corrected chi connectivity index (χ0v) is 10.5. The highest BCUT2D eigenvalue weighted by molar-refractivity contribution is 6.31. The standard InChI is InChI=1S/C15H9ClO3/c16-10-6-7-11-12(8-10)19-15(14(18)13(11)17)9-4-2-1-3-5-9/h1-8,18H. The van der Waals surface area contributed by atoms with Crippen LogP contribution in [0.3, 0.4) is 0 Å². The number of aromatic hydroxyl groups is 1. The Bertz CT molecular complexity index is 807. The molecule has 3 rings (SSSR count). The first-order valence-corrected chi connectivity index (χ1v) is 6.05. The van der Waals surface area contributed by atoms with Crippen molar-refractivity contribution in [2.24, 2.45) is 0 Å². The zero-order chi connectivity index (χ0) is 13.4. The minimum atomic E-state index is -0.461. The summed E-state index contributed by atoms with van der Waals surface area (Å²) in [6.45, 7) is 0. The summed E-state index contributed by atoms with van der Waals surface area (Å²) in [6, 6.07) is 13.7. The second-order valence-corrected chi connectivity index (χ2v) is 4.55. The summed E-state index contributed by atoms with van der Waals surface area (Å²) in [4.78, 5) is 12.1. The molecule has 2 aromatic carbocycles. The van der Waals surface area contributed by atoms with Gasteiger partial charge < -0.3 is 9.52 Å². The van der Waals surface area contributed by atoms with Gasteiger partial charge in [0.25, 0.3) is 0 Å². The molecule has 1 heterocycles. The molecule has 3 nitrogen and oxygen atoms in total. The van der Waals surface area contributed by atoms with Crippen molar-refractivity contribution in [3.63, 3.8) is 0 Å². The van der Waals surface area contributed by atoms with E-state index in [0.29, 0.717) is 21.6 Å². The van der Waals surface area contributed by atoms with Crippen LogP contribution in [-0.2, 0) is 0 Å². The van der Waals surface area contributed by atoms with E-state index >= 15 is 0 Å². The molecular formula is C15H9ClO3. The number of fused-ring (bicyclic) bond motifs is 1. The van der Waals surface area contributed by atoms with Crippen LogP contribution < -0.4 is 5.43 Å². The molecule has 0 amide bonds. The molecule has 0 aliphatic carbocycles. The average molecular weight is 273 g/mol. The summed E-state index contributed by atoms with van der Waals surface area (Å²) in [7, 11) is 0. The van der Waals surface area contributed by atoms with E-state index in [1.165, 1.54) is 6.07 Å².